The normalized spacial score (nSPS) is 21.9. The van der Waals surface area contributed by atoms with Crippen LogP contribution in [-0.2, 0) is 0 Å². The zero-order valence-electron chi connectivity index (χ0n) is 8.04. The maximum Gasteiger partial charge on any atom is 0.0481 e. The van der Waals surface area contributed by atoms with Gasteiger partial charge in [0.15, 0.2) is 0 Å². The maximum atomic E-state index is 6.12. The number of halogens is 1. The van der Waals surface area contributed by atoms with E-state index in [1.807, 2.05) is 18.2 Å². The van der Waals surface area contributed by atoms with Crippen LogP contribution < -0.4 is 5.73 Å². The van der Waals surface area contributed by atoms with Gasteiger partial charge in [-0.25, -0.2) is 0 Å². The van der Waals surface area contributed by atoms with Crippen LogP contribution in [0.1, 0.15) is 24.8 Å². The molecule has 1 nitrogen and oxygen atoms in total. The molecule has 1 unspecified atom stereocenters. The Balaban J connectivity index is 2.35. The quantitative estimate of drug-likeness (QED) is 0.752. The van der Waals surface area contributed by atoms with Crippen molar-refractivity contribution < 1.29 is 0 Å². The van der Waals surface area contributed by atoms with Crippen LogP contribution >= 0.6 is 11.6 Å². The van der Waals surface area contributed by atoms with Crippen molar-refractivity contribution in [1.29, 1.82) is 0 Å². The summed E-state index contributed by atoms with van der Waals surface area (Å²) in [7, 11) is 0. The first-order valence-corrected chi connectivity index (χ1v) is 5.36. The fourth-order valence-electron chi connectivity index (χ4n) is 1.90. The van der Waals surface area contributed by atoms with Gasteiger partial charge in [-0.3, -0.25) is 0 Å². The highest BCUT2D eigenvalue weighted by Gasteiger charge is 2.12. The Labute approximate surface area is 89.6 Å². The van der Waals surface area contributed by atoms with E-state index in [1.165, 1.54) is 5.57 Å². The SMILES string of the molecule is NC1C=C(c2ccccc2Cl)CCC1. The molecule has 0 amide bonds. The van der Waals surface area contributed by atoms with Gasteiger partial charge in [0.05, 0.1) is 0 Å². The molecule has 14 heavy (non-hydrogen) atoms. The summed E-state index contributed by atoms with van der Waals surface area (Å²) in [4.78, 5) is 0. The van der Waals surface area contributed by atoms with Crippen LogP contribution in [0.2, 0.25) is 5.02 Å². The molecule has 0 radical (unpaired) electrons. The second kappa shape index (κ2) is 4.16. The second-order valence-electron chi connectivity index (χ2n) is 3.73. The molecular formula is C12H14ClN. The van der Waals surface area contributed by atoms with E-state index in [2.05, 4.69) is 12.1 Å². The lowest BCUT2D eigenvalue weighted by Crippen LogP contribution is -2.20. The van der Waals surface area contributed by atoms with E-state index < -0.39 is 0 Å². The smallest absolute Gasteiger partial charge is 0.0481 e. The summed E-state index contributed by atoms with van der Waals surface area (Å²) in [6.07, 6.45) is 5.49. The predicted octanol–water partition coefficient (Wildman–Crippen LogP) is 3.23. The summed E-state index contributed by atoms with van der Waals surface area (Å²) in [5, 5.41) is 0.827. The van der Waals surface area contributed by atoms with Gasteiger partial charge in [0.1, 0.15) is 0 Å². The van der Waals surface area contributed by atoms with Crippen molar-refractivity contribution in [1.82, 2.24) is 0 Å². The van der Waals surface area contributed by atoms with E-state index in [4.69, 9.17) is 17.3 Å². The lowest BCUT2D eigenvalue weighted by molar-refractivity contribution is 0.654. The number of allylic oxidation sites excluding steroid dienone is 1. The van der Waals surface area contributed by atoms with Gasteiger partial charge < -0.3 is 5.73 Å². The molecule has 1 aliphatic carbocycles. The average molecular weight is 208 g/mol. The molecule has 0 aliphatic heterocycles. The standard InChI is InChI=1S/C12H14ClN/c13-12-7-2-1-6-11(12)9-4-3-5-10(14)8-9/h1-2,6-8,10H,3-5,14H2. The van der Waals surface area contributed by atoms with Crippen molar-refractivity contribution in [2.75, 3.05) is 0 Å². The van der Waals surface area contributed by atoms with Crippen molar-refractivity contribution in [3.63, 3.8) is 0 Å². The van der Waals surface area contributed by atoms with Gasteiger partial charge in [-0.15, -0.1) is 0 Å². The van der Waals surface area contributed by atoms with Crippen molar-refractivity contribution in [3.05, 3.63) is 40.9 Å². The molecule has 1 aromatic carbocycles. The predicted molar refractivity (Wildman–Crippen MR) is 61.3 cm³/mol. The summed E-state index contributed by atoms with van der Waals surface area (Å²) >= 11 is 6.12. The first-order chi connectivity index (χ1) is 6.77. The molecule has 0 saturated heterocycles. The average Bonchev–Trinajstić information content (AvgIpc) is 2.18. The Morgan fingerprint density at radius 3 is 2.79 bits per heavy atom. The summed E-state index contributed by atoms with van der Waals surface area (Å²) in [6, 6.07) is 8.16. The molecule has 2 rings (SSSR count). The summed E-state index contributed by atoms with van der Waals surface area (Å²) in [5.41, 5.74) is 8.34. The van der Waals surface area contributed by atoms with Crippen molar-refractivity contribution in [3.8, 4) is 0 Å². The molecular weight excluding hydrogens is 194 g/mol. The number of rotatable bonds is 1. The van der Waals surface area contributed by atoms with E-state index in [1.54, 1.807) is 0 Å². The molecule has 0 aromatic heterocycles. The third kappa shape index (κ3) is 1.99. The number of hydrogen-bond donors (Lipinski definition) is 1. The molecule has 1 atom stereocenters. The van der Waals surface area contributed by atoms with Gasteiger partial charge in [0, 0.05) is 11.1 Å². The summed E-state index contributed by atoms with van der Waals surface area (Å²) < 4.78 is 0. The highest BCUT2D eigenvalue weighted by atomic mass is 35.5. The van der Waals surface area contributed by atoms with Crippen LogP contribution in [0.25, 0.3) is 5.57 Å². The Bertz CT molecular complexity index is 357. The second-order valence-corrected chi connectivity index (χ2v) is 4.14. The van der Waals surface area contributed by atoms with Crippen LogP contribution in [0.5, 0.6) is 0 Å². The van der Waals surface area contributed by atoms with E-state index in [9.17, 15) is 0 Å². The van der Waals surface area contributed by atoms with Crippen molar-refractivity contribution in [2.45, 2.75) is 25.3 Å². The molecule has 2 N–H and O–H groups in total. The first kappa shape index (κ1) is 9.75. The lowest BCUT2D eigenvalue weighted by Gasteiger charge is -2.18. The van der Waals surface area contributed by atoms with Crippen molar-refractivity contribution in [2.24, 2.45) is 5.73 Å². The molecule has 1 aliphatic rings. The van der Waals surface area contributed by atoms with Gasteiger partial charge in [-0.2, -0.15) is 0 Å². The minimum absolute atomic E-state index is 0.204. The number of nitrogens with two attached hydrogens (primary N) is 1. The largest absolute Gasteiger partial charge is 0.324 e. The van der Waals surface area contributed by atoms with E-state index in [0.717, 1.165) is 29.8 Å². The molecule has 0 fully saturated rings. The zero-order valence-corrected chi connectivity index (χ0v) is 8.80. The van der Waals surface area contributed by atoms with Gasteiger partial charge in [-0.05, 0) is 36.5 Å². The van der Waals surface area contributed by atoms with Gasteiger partial charge in [0.25, 0.3) is 0 Å². The third-order valence-electron chi connectivity index (χ3n) is 2.62. The third-order valence-corrected chi connectivity index (χ3v) is 2.95. The van der Waals surface area contributed by atoms with E-state index >= 15 is 0 Å². The molecule has 0 bridgehead atoms. The fourth-order valence-corrected chi connectivity index (χ4v) is 2.16. The lowest BCUT2D eigenvalue weighted by atomic mass is 9.91. The fraction of sp³-hybridized carbons (Fsp3) is 0.333. The summed E-state index contributed by atoms with van der Waals surface area (Å²) in [6.45, 7) is 0. The van der Waals surface area contributed by atoms with E-state index in [-0.39, 0.29) is 6.04 Å². The van der Waals surface area contributed by atoms with Gasteiger partial charge in [0.2, 0.25) is 0 Å². The minimum atomic E-state index is 0.204. The molecule has 1 aromatic rings. The number of hydrogen-bond acceptors (Lipinski definition) is 1. The Kier molecular flexibility index (Phi) is 2.90. The van der Waals surface area contributed by atoms with Crippen LogP contribution in [0.4, 0.5) is 0 Å². The Morgan fingerprint density at radius 1 is 1.29 bits per heavy atom. The zero-order chi connectivity index (χ0) is 9.97. The first-order valence-electron chi connectivity index (χ1n) is 4.98. The van der Waals surface area contributed by atoms with Gasteiger partial charge in [-0.1, -0.05) is 35.9 Å². The Hall–Kier alpha value is -0.790. The molecule has 0 heterocycles. The maximum absolute atomic E-state index is 6.12. The molecule has 74 valence electrons. The Morgan fingerprint density at radius 2 is 2.07 bits per heavy atom. The highest BCUT2D eigenvalue weighted by Crippen LogP contribution is 2.30. The van der Waals surface area contributed by atoms with Crippen LogP contribution in [0.3, 0.4) is 0 Å². The summed E-state index contributed by atoms with van der Waals surface area (Å²) in [5.74, 6) is 0. The highest BCUT2D eigenvalue weighted by molar-refractivity contribution is 6.32. The monoisotopic (exact) mass is 207 g/mol. The van der Waals surface area contributed by atoms with Crippen molar-refractivity contribution >= 4 is 17.2 Å². The topological polar surface area (TPSA) is 26.0 Å². The molecule has 2 heteroatoms. The minimum Gasteiger partial charge on any atom is -0.324 e. The number of benzene rings is 1. The van der Waals surface area contributed by atoms with Crippen LogP contribution in [-0.4, -0.2) is 6.04 Å². The molecule has 0 spiro atoms. The molecule has 0 saturated carbocycles. The van der Waals surface area contributed by atoms with E-state index in [0.29, 0.717) is 0 Å². The van der Waals surface area contributed by atoms with Crippen LogP contribution in [0.15, 0.2) is 30.3 Å². The van der Waals surface area contributed by atoms with Gasteiger partial charge >= 0.3 is 0 Å². The van der Waals surface area contributed by atoms with Crippen LogP contribution in [0, 0.1) is 0 Å².